The molecule has 1 heterocycles. The van der Waals surface area contributed by atoms with Crippen molar-refractivity contribution in [3.05, 3.63) is 35.9 Å². The molecule has 0 radical (unpaired) electrons. The number of amides is 1. The Hall–Kier alpha value is -1.39. The van der Waals surface area contributed by atoms with Gasteiger partial charge in [0.25, 0.3) is 0 Å². The minimum absolute atomic E-state index is 0.0682. The molecule has 1 aromatic rings. The van der Waals surface area contributed by atoms with Gasteiger partial charge in [-0.15, -0.1) is 0 Å². The number of piperidine rings is 1. The van der Waals surface area contributed by atoms with E-state index in [1.165, 1.54) is 6.42 Å². The van der Waals surface area contributed by atoms with E-state index in [4.69, 9.17) is 5.11 Å². The van der Waals surface area contributed by atoms with Crippen LogP contribution in [0.15, 0.2) is 30.3 Å². The second-order valence-electron chi connectivity index (χ2n) is 5.39. The maximum Gasteiger partial charge on any atom is 0.234 e. The molecule has 4 heteroatoms. The van der Waals surface area contributed by atoms with Gasteiger partial charge in [0.15, 0.2) is 0 Å². The van der Waals surface area contributed by atoms with Crippen molar-refractivity contribution in [1.29, 1.82) is 0 Å². The zero-order valence-electron chi connectivity index (χ0n) is 11.9. The Morgan fingerprint density at radius 1 is 1.30 bits per heavy atom. The van der Waals surface area contributed by atoms with Crippen molar-refractivity contribution in [2.75, 3.05) is 19.7 Å². The van der Waals surface area contributed by atoms with Crippen molar-refractivity contribution in [2.24, 2.45) is 0 Å². The highest BCUT2D eigenvalue weighted by molar-refractivity contribution is 5.78. The first kappa shape index (κ1) is 15.0. The van der Waals surface area contributed by atoms with Crippen LogP contribution in [0.1, 0.15) is 31.2 Å². The summed E-state index contributed by atoms with van der Waals surface area (Å²) >= 11 is 0. The number of nitrogens with zero attached hydrogens (tertiary/aromatic N) is 1. The SMILES string of the molecule is O=C(CN1CCCCC1CCO)NCc1ccccc1. The predicted octanol–water partition coefficient (Wildman–Crippen LogP) is 1.54. The van der Waals surface area contributed by atoms with Crippen LogP contribution in [0.3, 0.4) is 0 Å². The van der Waals surface area contributed by atoms with Gasteiger partial charge in [0.2, 0.25) is 5.91 Å². The molecule has 1 amide bonds. The Bertz CT molecular complexity index is 406. The molecule has 0 aliphatic carbocycles. The van der Waals surface area contributed by atoms with Gasteiger partial charge in [0.1, 0.15) is 0 Å². The van der Waals surface area contributed by atoms with E-state index in [0.717, 1.165) is 31.4 Å². The minimum atomic E-state index is 0.0682. The van der Waals surface area contributed by atoms with Gasteiger partial charge in [0, 0.05) is 19.2 Å². The van der Waals surface area contributed by atoms with E-state index in [-0.39, 0.29) is 12.5 Å². The highest BCUT2D eigenvalue weighted by Crippen LogP contribution is 2.18. The molecule has 1 aliphatic heterocycles. The van der Waals surface area contributed by atoms with Crippen LogP contribution < -0.4 is 5.32 Å². The minimum Gasteiger partial charge on any atom is -0.396 e. The van der Waals surface area contributed by atoms with Crippen LogP contribution >= 0.6 is 0 Å². The van der Waals surface area contributed by atoms with Crippen molar-refractivity contribution >= 4 is 5.91 Å². The largest absolute Gasteiger partial charge is 0.396 e. The molecule has 2 N–H and O–H groups in total. The van der Waals surface area contributed by atoms with Gasteiger partial charge < -0.3 is 10.4 Å². The van der Waals surface area contributed by atoms with Gasteiger partial charge in [-0.1, -0.05) is 36.8 Å². The third-order valence-corrected chi connectivity index (χ3v) is 3.89. The average molecular weight is 276 g/mol. The number of nitrogens with one attached hydrogen (secondary N) is 1. The molecule has 1 aliphatic rings. The molecule has 0 aromatic heterocycles. The molecular weight excluding hydrogens is 252 g/mol. The number of benzene rings is 1. The fraction of sp³-hybridized carbons (Fsp3) is 0.562. The Morgan fingerprint density at radius 2 is 2.10 bits per heavy atom. The van der Waals surface area contributed by atoms with Crippen molar-refractivity contribution in [3.8, 4) is 0 Å². The van der Waals surface area contributed by atoms with E-state index in [2.05, 4.69) is 10.2 Å². The lowest BCUT2D eigenvalue weighted by atomic mass is 10.00. The quantitative estimate of drug-likeness (QED) is 0.828. The monoisotopic (exact) mass is 276 g/mol. The maximum absolute atomic E-state index is 12.0. The van der Waals surface area contributed by atoms with E-state index >= 15 is 0 Å². The Kier molecular flexibility index (Phi) is 6.02. The van der Waals surface area contributed by atoms with Crippen LogP contribution in [0.5, 0.6) is 0 Å². The first-order chi connectivity index (χ1) is 9.79. The van der Waals surface area contributed by atoms with Gasteiger partial charge in [-0.2, -0.15) is 0 Å². The number of rotatable bonds is 6. The van der Waals surface area contributed by atoms with Crippen LogP contribution in [0, 0.1) is 0 Å². The Balaban J connectivity index is 1.78. The molecule has 20 heavy (non-hydrogen) atoms. The summed E-state index contributed by atoms with van der Waals surface area (Å²) in [5.41, 5.74) is 1.12. The molecule has 0 bridgehead atoms. The molecule has 1 saturated heterocycles. The first-order valence-corrected chi connectivity index (χ1v) is 7.45. The van der Waals surface area contributed by atoms with Crippen molar-refractivity contribution in [3.63, 3.8) is 0 Å². The average Bonchev–Trinajstić information content (AvgIpc) is 2.49. The van der Waals surface area contributed by atoms with Crippen LogP contribution in [0.2, 0.25) is 0 Å². The standard InChI is InChI=1S/C16H24N2O2/c19-11-9-15-8-4-5-10-18(15)13-16(20)17-12-14-6-2-1-3-7-14/h1-3,6-7,15,19H,4-5,8-13H2,(H,17,20). The van der Waals surface area contributed by atoms with E-state index in [0.29, 0.717) is 19.1 Å². The lowest BCUT2D eigenvalue weighted by molar-refractivity contribution is -0.123. The Morgan fingerprint density at radius 3 is 2.85 bits per heavy atom. The van der Waals surface area contributed by atoms with E-state index in [1.807, 2.05) is 30.3 Å². The summed E-state index contributed by atoms with van der Waals surface area (Å²) in [6.45, 7) is 2.19. The van der Waals surface area contributed by atoms with Gasteiger partial charge >= 0.3 is 0 Å². The number of carbonyl (C=O) groups excluding carboxylic acids is 1. The normalized spacial score (nSPS) is 19.8. The number of hydrogen-bond acceptors (Lipinski definition) is 3. The number of likely N-dealkylation sites (tertiary alicyclic amines) is 1. The van der Waals surface area contributed by atoms with Gasteiger partial charge in [-0.25, -0.2) is 0 Å². The smallest absolute Gasteiger partial charge is 0.234 e. The molecule has 2 rings (SSSR count). The summed E-state index contributed by atoms with van der Waals surface area (Å²) in [6, 6.07) is 10.3. The number of aliphatic hydroxyl groups excluding tert-OH is 1. The van der Waals surface area contributed by atoms with E-state index in [1.54, 1.807) is 0 Å². The third-order valence-electron chi connectivity index (χ3n) is 3.89. The fourth-order valence-corrected chi connectivity index (χ4v) is 2.78. The summed E-state index contributed by atoms with van der Waals surface area (Å²) < 4.78 is 0. The maximum atomic E-state index is 12.0. The van der Waals surface area contributed by atoms with Crippen LogP contribution in [0.25, 0.3) is 0 Å². The topological polar surface area (TPSA) is 52.6 Å². The molecule has 1 unspecified atom stereocenters. The zero-order chi connectivity index (χ0) is 14.2. The number of carbonyl (C=O) groups is 1. The van der Waals surface area contributed by atoms with Crippen LogP contribution in [-0.4, -0.2) is 41.7 Å². The summed E-state index contributed by atoms with van der Waals surface area (Å²) in [5, 5.41) is 12.1. The summed E-state index contributed by atoms with van der Waals surface area (Å²) in [7, 11) is 0. The first-order valence-electron chi connectivity index (χ1n) is 7.45. The van der Waals surface area contributed by atoms with E-state index in [9.17, 15) is 4.79 Å². The van der Waals surface area contributed by atoms with Crippen molar-refractivity contribution in [2.45, 2.75) is 38.3 Å². The lowest BCUT2D eigenvalue weighted by Crippen LogP contribution is -2.45. The third kappa shape index (κ3) is 4.62. The van der Waals surface area contributed by atoms with Gasteiger partial charge in [0.05, 0.1) is 6.54 Å². The fourth-order valence-electron chi connectivity index (χ4n) is 2.78. The predicted molar refractivity (Wildman–Crippen MR) is 79.2 cm³/mol. The van der Waals surface area contributed by atoms with Crippen molar-refractivity contribution < 1.29 is 9.90 Å². The molecule has 1 aromatic carbocycles. The molecule has 0 spiro atoms. The second kappa shape index (κ2) is 8.02. The van der Waals surface area contributed by atoms with Crippen molar-refractivity contribution in [1.82, 2.24) is 10.2 Å². The molecular formula is C16H24N2O2. The molecule has 110 valence electrons. The number of hydrogen-bond donors (Lipinski definition) is 2. The number of aliphatic hydroxyl groups is 1. The Labute approximate surface area is 120 Å². The zero-order valence-corrected chi connectivity index (χ0v) is 11.9. The molecule has 4 nitrogen and oxygen atoms in total. The summed E-state index contributed by atoms with van der Waals surface area (Å²) in [4.78, 5) is 14.2. The second-order valence-corrected chi connectivity index (χ2v) is 5.39. The summed E-state index contributed by atoms with van der Waals surface area (Å²) in [5.74, 6) is 0.0682. The molecule has 1 fully saturated rings. The molecule has 0 saturated carbocycles. The highest BCUT2D eigenvalue weighted by atomic mass is 16.3. The summed E-state index contributed by atoms with van der Waals surface area (Å²) in [6.07, 6.45) is 4.21. The van der Waals surface area contributed by atoms with Crippen LogP contribution in [0.4, 0.5) is 0 Å². The van der Waals surface area contributed by atoms with Gasteiger partial charge in [-0.05, 0) is 31.4 Å². The highest BCUT2D eigenvalue weighted by Gasteiger charge is 2.23. The van der Waals surface area contributed by atoms with E-state index < -0.39 is 0 Å². The lowest BCUT2D eigenvalue weighted by Gasteiger charge is -2.34. The van der Waals surface area contributed by atoms with Crippen LogP contribution in [-0.2, 0) is 11.3 Å². The molecule has 1 atom stereocenters. The van der Waals surface area contributed by atoms with Gasteiger partial charge in [-0.3, -0.25) is 9.69 Å².